The molecule has 10 heteroatoms. The van der Waals surface area contributed by atoms with Crippen molar-refractivity contribution in [3.05, 3.63) is 59.0 Å². The van der Waals surface area contributed by atoms with E-state index in [1.807, 2.05) is 31.2 Å². The van der Waals surface area contributed by atoms with Crippen molar-refractivity contribution < 1.29 is 27.8 Å². The molecule has 2 amide bonds. The summed E-state index contributed by atoms with van der Waals surface area (Å²) in [5.74, 6) is -0.476. The van der Waals surface area contributed by atoms with Crippen LogP contribution in [0.1, 0.15) is 15.2 Å². The van der Waals surface area contributed by atoms with Crippen molar-refractivity contribution in [2.75, 3.05) is 19.0 Å². The molecule has 0 aliphatic carbocycles. The largest absolute Gasteiger partial charge is 0.497 e. The lowest BCUT2D eigenvalue weighted by Crippen LogP contribution is -2.32. The molecule has 31 heavy (non-hydrogen) atoms. The van der Waals surface area contributed by atoms with Crippen LogP contribution in [0.3, 0.4) is 0 Å². The third-order valence-corrected chi connectivity index (χ3v) is 5.02. The molecule has 0 saturated heterocycles. The number of thiazole rings is 1. The van der Waals surface area contributed by atoms with E-state index in [1.165, 1.54) is 35.6 Å². The Kier molecular flexibility index (Phi) is 7.14. The maximum absolute atomic E-state index is 12.3. The Hall–Kier alpha value is -3.53. The molecule has 3 rings (SSSR count). The molecule has 7 nitrogen and oxygen atoms in total. The van der Waals surface area contributed by atoms with Crippen molar-refractivity contribution in [1.29, 1.82) is 0 Å². The van der Waals surface area contributed by atoms with Crippen molar-refractivity contribution in [1.82, 2.24) is 10.3 Å². The molecule has 0 spiro atoms. The molecule has 3 aromatic rings. The van der Waals surface area contributed by atoms with Gasteiger partial charge in [-0.25, -0.2) is 4.98 Å². The van der Waals surface area contributed by atoms with Gasteiger partial charge in [-0.15, -0.1) is 11.3 Å². The Morgan fingerprint density at radius 1 is 1.13 bits per heavy atom. The average Bonchev–Trinajstić information content (AvgIpc) is 3.11. The molecule has 0 saturated carbocycles. The number of hydrogen-bond donors (Lipinski definition) is 2. The van der Waals surface area contributed by atoms with E-state index in [-0.39, 0.29) is 17.9 Å². The summed E-state index contributed by atoms with van der Waals surface area (Å²) < 4.78 is 34.0. The number of nitrogens with one attached hydrogen (secondary N) is 2. The summed E-state index contributed by atoms with van der Waals surface area (Å²) in [4.78, 5) is 29.7. The molecular weight excluding hydrogens is 428 g/mol. The summed E-state index contributed by atoms with van der Waals surface area (Å²) >= 11 is 1.31. The highest BCUT2D eigenvalue weighted by molar-refractivity contribution is 7.16. The first-order valence-corrected chi connectivity index (χ1v) is 9.92. The SMILES string of the molecule is COc1ccc(-c2nc(NC(=O)CNC(=O)c3cccc(OC(F)F)c3)sc2C)cc1. The van der Waals surface area contributed by atoms with Gasteiger partial charge in [0.15, 0.2) is 5.13 Å². The average molecular weight is 447 g/mol. The lowest BCUT2D eigenvalue weighted by Gasteiger charge is -2.08. The highest BCUT2D eigenvalue weighted by atomic mass is 32.1. The van der Waals surface area contributed by atoms with Crippen molar-refractivity contribution >= 4 is 28.3 Å². The lowest BCUT2D eigenvalue weighted by molar-refractivity contribution is -0.115. The zero-order valence-electron chi connectivity index (χ0n) is 16.6. The summed E-state index contributed by atoms with van der Waals surface area (Å²) in [6.45, 7) is -1.41. The number of ether oxygens (including phenoxy) is 2. The van der Waals surface area contributed by atoms with Gasteiger partial charge in [0.1, 0.15) is 11.5 Å². The zero-order valence-corrected chi connectivity index (χ0v) is 17.5. The molecule has 162 valence electrons. The van der Waals surface area contributed by atoms with Gasteiger partial charge in [-0.2, -0.15) is 8.78 Å². The second kappa shape index (κ2) is 9.98. The highest BCUT2D eigenvalue weighted by Gasteiger charge is 2.14. The first-order chi connectivity index (χ1) is 14.9. The van der Waals surface area contributed by atoms with E-state index in [4.69, 9.17) is 4.74 Å². The number of rotatable bonds is 8. The van der Waals surface area contributed by atoms with Gasteiger partial charge in [-0.3, -0.25) is 9.59 Å². The van der Waals surface area contributed by atoms with Crippen molar-refractivity contribution in [3.63, 3.8) is 0 Å². The van der Waals surface area contributed by atoms with Crippen molar-refractivity contribution in [3.8, 4) is 22.8 Å². The van der Waals surface area contributed by atoms with Gasteiger partial charge in [0.05, 0.1) is 19.3 Å². The third-order valence-electron chi connectivity index (χ3n) is 4.14. The summed E-state index contributed by atoms with van der Waals surface area (Å²) in [6, 6.07) is 12.7. The van der Waals surface area contributed by atoms with Gasteiger partial charge in [0, 0.05) is 16.0 Å². The van der Waals surface area contributed by atoms with E-state index in [0.717, 1.165) is 21.9 Å². The van der Waals surface area contributed by atoms with E-state index in [1.54, 1.807) is 7.11 Å². The zero-order chi connectivity index (χ0) is 22.4. The number of nitrogens with zero attached hydrogens (tertiary/aromatic N) is 1. The number of hydrogen-bond acceptors (Lipinski definition) is 6. The molecule has 2 N–H and O–H groups in total. The van der Waals surface area contributed by atoms with Crippen LogP contribution in [0.15, 0.2) is 48.5 Å². The van der Waals surface area contributed by atoms with E-state index >= 15 is 0 Å². The topological polar surface area (TPSA) is 89.5 Å². The number of carbonyl (C=O) groups is 2. The van der Waals surface area contributed by atoms with Gasteiger partial charge in [-0.05, 0) is 49.4 Å². The second-order valence-corrected chi connectivity index (χ2v) is 7.49. The molecule has 0 bridgehead atoms. The van der Waals surface area contributed by atoms with E-state index in [9.17, 15) is 18.4 Å². The number of amides is 2. The Balaban J connectivity index is 1.58. The number of halogens is 2. The normalized spacial score (nSPS) is 10.6. The third kappa shape index (κ3) is 5.98. The van der Waals surface area contributed by atoms with E-state index in [0.29, 0.717) is 5.13 Å². The lowest BCUT2D eigenvalue weighted by atomic mass is 10.1. The Bertz CT molecular complexity index is 1070. The van der Waals surface area contributed by atoms with Gasteiger partial charge in [0.25, 0.3) is 5.91 Å². The number of aromatic nitrogens is 1. The van der Waals surface area contributed by atoms with E-state index in [2.05, 4.69) is 20.4 Å². The maximum atomic E-state index is 12.3. The van der Waals surface area contributed by atoms with Crippen LogP contribution in [0.5, 0.6) is 11.5 Å². The van der Waals surface area contributed by atoms with Crippen molar-refractivity contribution in [2.24, 2.45) is 0 Å². The number of alkyl halides is 2. The molecule has 0 aliphatic heterocycles. The fraction of sp³-hybridized carbons (Fsp3) is 0.190. The number of benzene rings is 2. The molecule has 0 fully saturated rings. The molecule has 1 aromatic heterocycles. The maximum Gasteiger partial charge on any atom is 0.387 e. The number of aryl methyl sites for hydroxylation is 1. The van der Waals surface area contributed by atoms with Crippen LogP contribution < -0.4 is 20.1 Å². The van der Waals surface area contributed by atoms with Crippen molar-refractivity contribution in [2.45, 2.75) is 13.5 Å². The first kappa shape index (κ1) is 22.2. The molecule has 1 heterocycles. The Labute approximate surface area is 181 Å². The van der Waals surface area contributed by atoms with Crippen LogP contribution in [0.4, 0.5) is 13.9 Å². The molecule has 2 aromatic carbocycles. The van der Waals surface area contributed by atoms with E-state index < -0.39 is 18.4 Å². The van der Waals surface area contributed by atoms with Crippen LogP contribution in [0.25, 0.3) is 11.3 Å². The smallest absolute Gasteiger partial charge is 0.387 e. The summed E-state index contributed by atoms with van der Waals surface area (Å²) in [5.41, 5.74) is 1.72. The Morgan fingerprint density at radius 2 is 1.87 bits per heavy atom. The summed E-state index contributed by atoms with van der Waals surface area (Å²) in [5, 5.41) is 5.48. The fourth-order valence-corrected chi connectivity index (χ4v) is 3.56. The van der Waals surface area contributed by atoms with Gasteiger partial charge >= 0.3 is 6.61 Å². The minimum absolute atomic E-state index is 0.0952. The predicted molar refractivity (Wildman–Crippen MR) is 113 cm³/mol. The van der Waals surface area contributed by atoms with Gasteiger partial charge in [-0.1, -0.05) is 6.07 Å². The molecule has 0 radical (unpaired) electrons. The minimum atomic E-state index is -2.99. The van der Waals surface area contributed by atoms with Gasteiger partial charge in [0.2, 0.25) is 5.91 Å². The number of anilines is 1. The molecular formula is C21H19F2N3O4S. The second-order valence-electron chi connectivity index (χ2n) is 6.29. The monoisotopic (exact) mass is 447 g/mol. The fourth-order valence-electron chi connectivity index (χ4n) is 2.71. The van der Waals surface area contributed by atoms with Crippen LogP contribution in [0, 0.1) is 6.92 Å². The number of methoxy groups -OCH3 is 1. The van der Waals surface area contributed by atoms with Crippen LogP contribution in [-0.4, -0.2) is 37.1 Å². The first-order valence-electron chi connectivity index (χ1n) is 9.10. The molecule has 0 unspecified atom stereocenters. The van der Waals surface area contributed by atoms with Crippen LogP contribution >= 0.6 is 11.3 Å². The molecule has 0 atom stereocenters. The molecule has 0 aliphatic rings. The highest BCUT2D eigenvalue weighted by Crippen LogP contribution is 2.31. The van der Waals surface area contributed by atoms with Crippen LogP contribution in [0.2, 0.25) is 0 Å². The number of carbonyl (C=O) groups excluding carboxylic acids is 2. The predicted octanol–water partition coefficient (Wildman–Crippen LogP) is 4.10. The minimum Gasteiger partial charge on any atom is -0.497 e. The summed E-state index contributed by atoms with van der Waals surface area (Å²) in [6.07, 6.45) is 0. The quantitative estimate of drug-likeness (QED) is 0.543. The Morgan fingerprint density at radius 3 is 2.55 bits per heavy atom. The van der Waals surface area contributed by atoms with Crippen LogP contribution in [-0.2, 0) is 4.79 Å². The standard InChI is InChI=1S/C21H19F2N3O4S/c1-12-18(13-6-8-15(29-2)9-7-13)26-21(31-12)25-17(27)11-24-19(28)14-4-3-5-16(10-14)30-20(22)23/h3-10,20H,11H2,1-2H3,(H,24,28)(H,25,26,27). The van der Waals surface area contributed by atoms with Gasteiger partial charge < -0.3 is 20.1 Å². The summed E-state index contributed by atoms with van der Waals surface area (Å²) in [7, 11) is 1.59.